The second-order valence-corrected chi connectivity index (χ2v) is 7.22. The van der Waals surface area contributed by atoms with Crippen molar-refractivity contribution in [3.05, 3.63) is 24.3 Å². The van der Waals surface area contributed by atoms with Crippen LogP contribution in [0.5, 0.6) is 0 Å². The Morgan fingerprint density at radius 1 is 0.880 bits per heavy atom. The summed E-state index contributed by atoms with van der Waals surface area (Å²) in [7, 11) is 0. The lowest BCUT2D eigenvalue weighted by Crippen LogP contribution is -2.36. The molecule has 1 saturated heterocycles. The van der Waals surface area contributed by atoms with Crippen molar-refractivity contribution >= 4 is 23.2 Å². The van der Waals surface area contributed by atoms with Crippen molar-refractivity contribution in [3.63, 3.8) is 0 Å². The van der Waals surface area contributed by atoms with Crippen LogP contribution in [0.1, 0.15) is 57.8 Å². The SMILES string of the molecule is O=C(CC(=O)NC1CCCCCC1)Nc1ccc(N2CCCC2)cc1. The number of rotatable bonds is 5. The van der Waals surface area contributed by atoms with E-state index in [0.717, 1.165) is 31.6 Å². The second-order valence-electron chi connectivity index (χ2n) is 7.22. The van der Waals surface area contributed by atoms with E-state index in [1.54, 1.807) is 0 Å². The van der Waals surface area contributed by atoms with Gasteiger partial charge in [0.15, 0.2) is 0 Å². The maximum Gasteiger partial charge on any atom is 0.233 e. The van der Waals surface area contributed by atoms with Crippen LogP contribution in [0.3, 0.4) is 0 Å². The van der Waals surface area contributed by atoms with Gasteiger partial charge in [-0.1, -0.05) is 25.7 Å². The van der Waals surface area contributed by atoms with Gasteiger partial charge in [-0.2, -0.15) is 0 Å². The van der Waals surface area contributed by atoms with Gasteiger partial charge in [0, 0.05) is 30.5 Å². The molecule has 25 heavy (non-hydrogen) atoms. The van der Waals surface area contributed by atoms with E-state index in [4.69, 9.17) is 0 Å². The number of carbonyl (C=O) groups excluding carboxylic acids is 2. The summed E-state index contributed by atoms with van der Waals surface area (Å²) in [5.41, 5.74) is 1.94. The van der Waals surface area contributed by atoms with Gasteiger partial charge in [0.25, 0.3) is 0 Å². The van der Waals surface area contributed by atoms with Crippen LogP contribution in [-0.4, -0.2) is 30.9 Å². The number of amides is 2. The Hall–Kier alpha value is -2.04. The fourth-order valence-electron chi connectivity index (χ4n) is 3.78. The first kappa shape index (κ1) is 17.8. The molecule has 1 heterocycles. The number of nitrogens with one attached hydrogen (secondary N) is 2. The maximum atomic E-state index is 12.1. The summed E-state index contributed by atoms with van der Waals surface area (Å²) in [4.78, 5) is 26.5. The molecule has 2 N–H and O–H groups in total. The van der Waals surface area contributed by atoms with Crippen LogP contribution in [0.4, 0.5) is 11.4 Å². The zero-order chi connectivity index (χ0) is 17.5. The van der Waals surface area contributed by atoms with Crippen molar-refractivity contribution in [1.82, 2.24) is 5.32 Å². The molecule has 1 aromatic carbocycles. The Morgan fingerprint density at radius 3 is 2.16 bits per heavy atom. The number of hydrogen-bond donors (Lipinski definition) is 2. The van der Waals surface area contributed by atoms with E-state index >= 15 is 0 Å². The average molecular weight is 343 g/mol. The van der Waals surface area contributed by atoms with Crippen LogP contribution in [0, 0.1) is 0 Å². The average Bonchev–Trinajstić information content (AvgIpc) is 3.01. The summed E-state index contributed by atoms with van der Waals surface area (Å²) >= 11 is 0. The molecule has 2 aliphatic rings. The second kappa shape index (κ2) is 8.88. The Labute approximate surface area is 150 Å². The summed E-state index contributed by atoms with van der Waals surface area (Å²) in [6, 6.07) is 8.13. The molecular weight excluding hydrogens is 314 g/mol. The largest absolute Gasteiger partial charge is 0.372 e. The van der Waals surface area contributed by atoms with Gasteiger partial charge in [0.05, 0.1) is 0 Å². The summed E-state index contributed by atoms with van der Waals surface area (Å²) in [5.74, 6) is -0.418. The Morgan fingerprint density at radius 2 is 1.52 bits per heavy atom. The molecule has 136 valence electrons. The predicted octanol–water partition coefficient (Wildman–Crippen LogP) is 3.45. The van der Waals surface area contributed by atoms with Crippen LogP contribution in [0.2, 0.25) is 0 Å². The molecule has 5 heteroatoms. The topological polar surface area (TPSA) is 61.4 Å². The van der Waals surface area contributed by atoms with Crippen molar-refractivity contribution in [2.45, 2.75) is 63.8 Å². The number of hydrogen-bond acceptors (Lipinski definition) is 3. The number of anilines is 2. The molecule has 3 rings (SSSR count). The van der Waals surface area contributed by atoms with Gasteiger partial charge >= 0.3 is 0 Å². The van der Waals surface area contributed by atoms with Crippen LogP contribution >= 0.6 is 0 Å². The lowest BCUT2D eigenvalue weighted by molar-refractivity contribution is -0.127. The molecule has 0 radical (unpaired) electrons. The standard InChI is InChI=1S/C20H29N3O2/c24-19(21-16-7-3-1-2-4-8-16)15-20(25)22-17-9-11-18(12-10-17)23-13-5-6-14-23/h9-12,16H,1-8,13-15H2,(H,21,24)(H,22,25). The third-order valence-corrected chi connectivity index (χ3v) is 5.16. The molecule has 0 unspecified atom stereocenters. The zero-order valence-electron chi connectivity index (χ0n) is 14.9. The van der Waals surface area contributed by atoms with Crippen LogP contribution in [-0.2, 0) is 9.59 Å². The normalized spacial score (nSPS) is 18.6. The third-order valence-electron chi connectivity index (χ3n) is 5.16. The summed E-state index contributed by atoms with van der Waals surface area (Å²) in [6.07, 6.45) is 9.28. The van der Waals surface area contributed by atoms with E-state index in [1.807, 2.05) is 24.3 Å². The smallest absolute Gasteiger partial charge is 0.233 e. The van der Waals surface area contributed by atoms with E-state index in [0.29, 0.717) is 0 Å². The minimum absolute atomic E-state index is 0.107. The van der Waals surface area contributed by atoms with E-state index in [2.05, 4.69) is 15.5 Å². The first-order valence-electron chi connectivity index (χ1n) is 9.65. The van der Waals surface area contributed by atoms with Crippen molar-refractivity contribution in [1.29, 1.82) is 0 Å². The van der Waals surface area contributed by atoms with Gasteiger partial charge in [-0.05, 0) is 49.9 Å². The van der Waals surface area contributed by atoms with Crippen LogP contribution in [0.25, 0.3) is 0 Å². The van der Waals surface area contributed by atoms with E-state index < -0.39 is 0 Å². The maximum absolute atomic E-state index is 12.1. The van der Waals surface area contributed by atoms with Crippen molar-refractivity contribution in [3.8, 4) is 0 Å². The molecule has 0 spiro atoms. The fourth-order valence-corrected chi connectivity index (χ4v) is 3.78. The minimum atomic E-state index is -0.250. The van der Waals surface area contributed by atoms with E-state index in [1.165, 1.54) is 44.2 Å². The van der Waals surface area contributed by atoms with Crippen molar-refractivity contribution < 1.29 is 9.59 Å². The highest BCUT2D eigenvalue weighted by Gasteiger charge is 2.17. The highest BCUT2D eigenvalue weighted by atomic mass is 16.2. The summed E-state index contributed by atoms with van der Waals surface area (Å²) in [5, 5.41) is 5.84. The highest BCUT2D eigenvalue weighted by molar-refractivity contribution is 6.03. The molecule has 0 aromatic heterocycles. The Bertz CT molecular complexity index is 571. The molecule has 5 nitrogen and oxygen atoms in total. The molecule has 1 aliphatic heterocycles. The van der Waals surface area contributed by atoms with Crippen molar-refractivity contribution in [2.24, 2.45) is 0 Å². The predicted molar refractivity (Wildman–Crippen MR) is 101 cm³/mol. The zero-order valence-corrected chi connectivity index (χ0v) is 14.9. The summed E-state index contributed by atoms with van der Waals surface area (Å²) < 4.78 is 0. The first-order chi connectivity index (χ1) is 12.2. The molecule has 1 aliphatic carbocycles. The monoisotopic (exact) mass is 343 g/mol. The van der Waals surface area contributed by atoms with Gasteiger partial charge in [0.2, 0.25) is 11.8 Å². The third kappa shape index (κ3) is 5.48. The summed E-state index contributed by atoms with van der Waals surface area (Å²) in [6.45, 7) is 2.21. The number of nitrogens with zero attached hydrogens (tertiary/aromatic N) is 1. The lowest BCUT2D eigenvalue weighted by atomic mass is 10.1. The van der Waals surface area contributed by atoms with Crippen LogP contribution in [0.15, 0.2) is 24.3 Å². The Balaban J connectivity index is 1.44. The highest BCUT2D eigenvalue weighted by Crippen LogP contribution is 2.22. The van der Waals surface area contributed by atoms with Gasteiger partial charge in [-0.3, -0.25) is 9.59 Å². The number of carbonyl (C=O) groups is 2. The van der Waals surface area contributed by atoms with Gasteiger partial charge in [-0.15, -0.1) is 0 Å². The van der Waals surface area contributed by atoms with Crippen molar-refractivity contribution in [2.75, 3.05) is 23.3 Å². The van der Waals surface area contributed by atoms with Gasteiger partial charge < -0.3 is 15.5 Å². The molecule has 1 aromatic rings. The molecule has 0 bridgehead atoms. The number of benzene rings is 1. The molecular formula is C20H29N3O2. The Kier molecular flexibility index (Phi) is 6.31. The van der Waals surface area contributed by atoms with Crippen LogP contribution < -0.4 is 15.5 Å². The lowest BCUT2D eigenvalue weighted by Gasteiger charge is -2.18. The first-order valence-corrected chi connectivity index (χ1v) is 9.65. The minimum Gasteiger partial charge on any atom is -0.372 e. The van der Waals surface area contributed by atoms with E-state index in [-0.39, 0.29) is 24.3 Å². The molecule has 0 atom stereocenters. The van der Waals surface area contributed by atoms with E-state index in [9.17, 15) is 9.59 Å². The molecule has 2 fully saturated rings. The van der Waals surface area contributed by atoms with Gasteiger partial charge in [0.1, 0.15) is 6.42 Å². The van der Waals surface area contributed by atoms with Gasteiger partial charge in [-0.25, -0.2) is 0 Å². The molecule has 1 saturated carbocycles. The molecule has 2 amide bonds. The fraction of sp³-hybridized carbons (Fsp3) is 0.600. The quantitative estimate of drug-likeness (QED) is 0.636.